The molecule has 5 nitrogen and oxygen atoms in total. The normalized spacial score (nSPS) is 12.0. The largest absolute Gasteiger partial charge is 0.278 e. The Morgan fingerprint density at radius 3 is 1.07 bits per heavy atom. The summed E-state index contributed by atoms with van der Waals surface area (Å²) in [4.78, 5) is 15.9. The van der Waals surface area contributed by atoms with Crippen LogP contribution in [-0.2, 0) is 0 Å². The van der Waals surface area contributed by atoms with Crippen molar-refractivity contribution in [2.45, 2.75) is 0 Å². The minimum Gasteiger partial charge on any atom is -0.278 e. The topological polar surface area (TPSA) is 48.5 Å². The number of rotatable bonds is 4. The van der Waals surface area contributed by atoms with E-state index >= 15 is 0 Å². The predicted molar refractivity (Wildman–Crippen MR) is 249 cm³/mol. The van der Waals surface area contributed by atoms with Gasteiger partial charge < -0.3 is 0 Å². The van der Waals surface area contributed by atoms with Crippen molar-refractivity contribution in [2.24, 2.45) is 0 Å². The number of benzene rings is 10. The standard InChI is InChI=1S/C55H33N5/c1-2-17-38-36(15-1)37-16-3-5-23-44(37)52-45-24-6-4-18-39(45)46(33-47(38)52)34-29-31-35(32-30-34)53-56-54(59-48-25-11-7-19-40(48)41-20-8-12-26-49(41)59)58-55(57-53)60-50-27-13-9-21-42(50)43-22-10-14-28-51(43)60/h1-33H. The predicted octanol–water partition coefficient (Wildman–Crippen LogP) is 14.0. The second kappa shape index (κ2) is 12.7. The first-order chi connectivity index (χ1) is 29.8. The van der Waals surface area contributed by atoms with Gasteiger partial charge in [-0.3, -0.25) is 9.13 Å². The molecule has 13 rings (SSSR count). The Labute approximate surface area is 344 Å². The molecule has 0 radical (unpaired) electrons. The lowest BCUT2D eigenvalue weighted by Crippen LogP contribution is -2.10. The summed E-state index contributed by atoms with van der Waals surface area (Å²) in [7, 11) is 0. The van der Waals surface area contributed by atoms with E-state index in [-0.39, 0.29) is 0 Å². The number of nitrogens with zero attached hydrogens (tertiary/aromatic N) is 5. The molecule has 0 aliphatic heterocycles. The molecule has 0 bridgehead atoms. The van der Waals surface area contributed by atoms with Gasteiger partial charge >= 0.3 is 0 Å². The summed E-state index contributed by atoms with van der Waals surface area (Å²) in [5.74, 6) is 1.74. The van der Waals surface area contributed by atoms with E-state index in [2.05, 4.69) is 209 Å². The molecular weight excluding hydrogens is 731 g/mol. The lowest BCUT2D eigenvalue weighted by molar-refractivity contribution is 0.893. The molecule has 60 heavy (non-hydrogen) atoms. The zero-order valence-corrected chi connectivity index (χ0v) is 32.3. The van der Waals surface area contributed by atoms with Crippen LogP contribution in [0.5, 0.6) is 0 Å². The zero-order chi connectivity index (χ0) is 39.3. The van der Waals surface area contributed by atoms with Crippen molar-refractivity contribution in [1.82, 2.24) is 24.1 Å². The van der Waals surface area contributed by atoms with Gasteiger partial charge in [-0.1, -0.05) is 170 Å². The van der Waals surface area contributed by atoms with Crippen molar-refractivity contribution in [3.8, 4) is 34.4 Å². The Morgan fingerprint density at radius 1 is 0.267 bits per heavy atom. The van der Waals surface area contributed by atoms with Gasteiger partial charge in [0.2, 0.25) is 11.9 Å². The number of hydrogen-bond donors (Lipinski definition) is 0. The minimum absolute atomic E-state index is 0.568. The molecule has 5 heteroatoms. The molecule has 0 atom stereocenters. The molecule has 0 aliphatic carbocycles. The molecule has 13 aromatic rings. The second-order valence-electron chi connectivity index (χ2n) is 15.6. The van der Waals surface area contributed by atoms with Gasteiger partial charge in [0.05, 0.1) is 22.1 Å². The van der Waals surface area contributed by atoms with E-state index in [1.165, 1.54) is 48.7 Å². The van der Waals surface area contributed by atoms with Crippen molar-refractivity contribution < 1.29 is 0 Å². The molecule has 278 valence electrons. The van der Waals surface area contributed by atoms with Gasteiger partial charge in [-0.25, -0.2) is 0 Å². The highest BCUT2D eigenvalue weighted by molar-refractivity contribution is 6.33. The van der Waals surface area contributed by atoms with Crippen LogP contribution in [0.25, 0.3) is 121 Å². The van der Waals surface area contributed by atoms with Crippen molar-refractivity contribution in [3.05, 3.63) is 200 Å². The summed E-state index contributed by atoms with van der Waals surface area (Å²) in [5.41, 5.74) is 7.41. The third kappa shape index (κ3) is 4.71. The molecule has 3 aromatic heterocycles. The molecule has 0 fully saturated rings. The van der Waals surface area contributed by atoms with Gasteiger partial charge in [0.1, 0.15) is 0 Å². The number of aromatic nitrogens is 5. The smallest absolute Gasteiger partial charge is 0.240 e. The van der Waals surface area contributed by atoms with E-state index < -0.39 is 0 Å². The van der Waals surface area contributed by atoms with E-state index in [1.807, 2.05) is 0 Å². The van der Waals surface area contributed by atoms with Crippen LogP contribution in [0.3, 0.4) is 0 Å². The lowest BCUT2D eigenvalue weighted by atomic mass is 9.87. The fourth-order valence-electron chi connectivity index (χ4n) is 9.76. The average Bonchev–Trinajstić information content (AvgIpc) is 3.84. The van der Waals surface area contributed by atoms with Crippen LogP contribution in [0, 0.1) is 0 Å². The SMILES string of the molecule is c1ccc2c(c1)c(-c1ccc(-c3nc(-n4c5ccccc5c5ccccc54)nc(-n4c5ccccc5c5ccccc54)n3)cc1)cc1c3ccccc3c3ccccc3c21. The van der Waals surface area contributed by atoms with Gasteiger partial charge in [-0.05, 0) is 84.5 Å². The summed E-state index contributed by atoms with van der Waals surface area (Å²) >= 11 is 0. The van der Waals surface area contributed by atoms with Gasteiger partial charge in [-0.15, -0.1) is 0 Å². The monoisotopic (exact) mass is 763 g/mol. The molecule has 0 saturated heterocycles. The molecule has 0 saturated carbocycles. The summed E-state index contributed by atoms with van der Waals surface area (Å²) in [6.45, 7) is 0. The van der Waals surface area contributed by atoms with Crippen molar-refractivity contribution in [3.63, 3.8) is 0 Å². The third-order valence-electron chi connectivity index (χ3n) is 12.4. The van der Waals surface area contributed by atoms with Crippen LogP contribution in [0.1, 0.15) is 0 Å². The van der Waals surface area contributed by atoms with Crippen molar-refractivity contribution >= 4 is 86.7 Å². The van der Waals surface area contributed by atoms with Crippen molar-refractivity contribution in [2.75, 3.05) is 0 Å². The number of para-hydroxylation sites is 4. The van der Waals surface area contributed by atoms with Crippen LogP contribution in [0.4, 0.5) is 0 Å². The minimum atomic E-state index is 0.568. The summed E-state index contributed by atoms with van der Waals surface area (Å²) in [5, 5.41) is 14.7. The van der Waals surface area contributed by atoms with Crippen LogP contribution in [-0.4, -0.2) is 24.1 Å². The van der Waals surface area contributed by atoms with Crippen LogP contribution < -0.4 is 0 Å². The van der Waals surface area contributed by atoms with E-state index in [9.17, 15) is 0 Å². The van der Waals surface area contributed by atoms with E-state index in [0.29, 0.717) is 17.7 Å². The molecule has 3 heterocycles. The molecule has 0 N–H and O–H groups in total. The fourth-order valence-corrected chi connectivity index (χ4v) is 9.76. The highest BCUT2D eigenvalue weighted by atomic mass is 15.3. The number of hydrogen-bond acceptors (Lipinski definition) is 3. The van der Waals surface area contributed by atoms with Gasteiger partial charge in [-0.2, -0.15) is 15.0 Å². The zero-order valence-electron chi connectivity index (χ0n) is 32.3. The summed E-state index contributed by atoms with van der Waals surface area (Å²) in [6.07, 6.45) is 0. The van der Waals surface area contributed by atoms with E-state index in [4.69, 9.17) is 15.0 Å². The van der Waals surface area contributed by atoms with Crippen LogP contribution >= 0.6 is 0 Å². The summed E-state index contributed by atoms with van der Waals surface area (Å²) in [6, 6.07) is 71.5. The Hall–Kier alpha value is -8.15. The quantitative estimate of drug-likeness (QED) is 0.168. The van der Waals surface area contributed by atoms with Crippen LogP contribution in [0.15, 0.2) is 200 Å². The van der Waals surface area contributed by atoms with Gasteiger partial charge in [0, 0.05) is 27.1 Å². The molecular formula is C55H33N5. The fraction of sp³-hybridized carbons (Fsp3) is 0. The molecule has 0 amide bonds. The van der Waals surface area contributed by atoms with Gasteiger partial charge in [0.25, 0.3) is 0 Å². The second-order valence-corrected chi connectivity index (χ2v) is 15.6. The first-order valence-electron chi connectivity index (χ1n) is 20.4. The number of fused-ring (bicyclic) bond motifs is 14. The first-order valence-corrected chi connectivity index (χ1v) is 20.4. The molecule has 10 aromatic carbocycles. The molecule has 0 unspecified atom stereocenters. The Kier molecular flexibility index (Phi) is 6.95. The Bertz CT molecular complexity index is 3650. The van der Waals surface area contributed by atoms with E-state index in [0.717, 1.165) is 54.7 Å². The highest BCUT2D eigenvalue weighted by Crippen LogP contribution is 2.43. The maximum absolute atomic E-state index is 5.32. The molecule has 0 spiro atoms. The average molecular weight is 764 g/mol. The Morgan fingerprint density at radius 2 is 0.600 bits per heavy atom. The maximum Gasteiger partial charge on any atom is 0.240 e. The highest BCUT2D eigenvalue weighted by Gasteiger charge is 2.21. The first kappa shape index (κ1) is 32.9. The van der Waals surface area contributed by atoms with E-state index in [1.54, 1.807) is 0 Å². The van der Waals surface area contributed by atoms with Crippen LogP contribution in [0.2, 0.25) is 0 Å². The van der Waals surface area contributed by atoms with Crippen molar-refractivity contribution in [1.29, 1.82) is 0 Å². The third-order valence-corrected chi connectivity index (χ3v) is 12.4. The van der Waals surface area contributed by atoms with Gasteiger partial charge in [0.15, 0.2) is 5.82 Å². The maximum atomic E-state index is 5.32. The molecule has 0 aliphatic rings. The Balaban J connectivity index is 1.05. The lowest BCUT2D eigenvalue weighted by Gasteiger charge is -2.16. The summed E-state index contributed by atoms with van der Waals surface area (Å²) < 4.78 is 4.35.